The molecule has 0 unspecified atom stereocenters. The first-order valence-electron chi connectivity index (χ1n) is 5.53. The molecule has 1 aromatic heterocycles. The topological polar surface area (TPSA) is 71.1 Å². The fourth-order valence-electron chi connectivity index (χ4n) is 1.11. The van der Waals surface area contributed by atoms with Gasteiger partial charge in [-0.2, -0.15) is 0 Å². The number of rotatable bonds is 3. The highest BCUT2D eigenvalue weighted by Crippen LogP contribution is 2.12. The van der Waals surface area contributed by atoms with Crippen molar-refractivity contribution in [2.24, 2.45) is 0 Å². The van der Waals surface area contributed by atoms with Gasteiger partial charge < -0.3 is 5.32 Å². The maximum Gasteiger partial charge on any atom is 0.321 e. The highest BCUT2D eigenvalue weighted by molar-refractivity contribution is 7.99. The van der Waals surface area contributed by atoms with Crippen LogP contribution in [0.3, 0.4) is 0 Å². The fourth-order valence-corrected chi connectivity index (χ4v) is 1.77. The SMILES string of the molecule is CC(C)(C)NC(=O)NC(=O)CSc1ccccn1. The van der Waals surface area contributed by atoms with Crippen LogP contribution in [0.25, 0.3) is 0 Å². The number of carbonyl (C=O) groups is 2. The van der Waals surface area contributed by atoms with E-state index in [1.165, 1.54) is 11.8 Å². The average molecular weight is 267 g/mol. The number of thioether (sulfide) groups is 1. The van der Waals surface area contributed by atoms with Crippen molar-refractivity contribution in [2.45, 2.75) is 31.3 Å². The van der Waals surface area contributed by atoms with Crippen molar-refractivity contribution in [3.63, 3.8) is 0 Å². The number of hydrogen-bond acceptors (Lipinski definition) is 4. The molecule has 0 radical (unpaired) electrons. The van der Waals surface area contributed by atoms with Gasteiger partial charge in [0.25, 0.3) is 0 Å². The van der Waals surface area contributed by atoms with E-state index < -0.39 is 6.03 Å². The molecule has 0 aliphatic carbocycles. The van der Waals surface area contributed by atoms with Crippen LogP contribution in [-0.2, 0) is 4.79 Å². The molecule has 0 saturated carbocycles. The number of nitrogens with zero attached hydrogens (tertiary/aromatic N) is 1. The number of amides is 3. The first kappa shape index (κ1) is 14.5. The summed E-state index contributed by atoms with van der Waals surface area (Å²) < 4.78 is 0. The molecule has 0 aromatic carbocycles. The number of hydrogen-bond donors (Lipinski definition) is 2. The number of nitrogens with one attached hydrogen (secondary N) is 2. The predicted molar refractivity (Wildman–Crippen MR) is 71.4 cm³/mol. The van der Waals surface area contributed by atoms with Gasteiger partial charge in [-0.05, 0) is 32.9 Å². The third-order valence-corrected chi connectivity index (χ3v) is 2.67. The smallest absolute Gasteiger partial charge is 0.321 e. The van der Waals surface area contributed by atoms with Gasteiger partial charge >= 0.3 is 6.03 Å². The van der Waals surface area contributed by atoms with Crippen LogP contribution in [0.15, 0.2) is 29.4 Å². The summed E-state index contributed by atoms with van der Waals surface area (Å²) in [6.45, 7) is 5.54. The fraction of sp³-hybridized carbons (Fsp3) is 0.417. The molecule has 0 saturated heterocycles. The van der Waals surface area contributed by atoms with Gasteiger partial charge in [0.1, 0.15) is 0 Å². The highest BCUT2D eigenvalue weighted by Gasteiger charge is 2.15. The van der Waals surface area contributed by atoms with Crippen LogP contribution in [0.1, 0.15) is 20.8 Å². The van der Waals surface area contributed by atoms with Crippen LogP contribution in [-0.4, -0.2) is 28.2 Å². The summed E-state index contributed by atoms with van der Waals surface area (Å²) in [7, 11) is 0. The third kappa shape index (κ3) is 6.24. The summed E-state index contributed by atoms with van der Waals surface area (Å²) in [5.41, 5.74) is -0.363. The van der Waals surface area contributed by atoms with Crippen LogP contribution in [0.2, 0.25) is 0 Å². The molecule has 0 spiro atoms. The summed E-state index contributed by atoms with van der Waals surface area (Å²) >= 11 is 1.29. The van der Waals surface area contributed by atoms with E-state index in [2.05, 4.69) is 15.6 Å². The van der Waals surface area contributed by atoms with Crippen molar-refractivity contribution in [3.8, 4) is 0 Å². The summed E-state index contributed by atoms with van der Waals surface area (Å²) in [6, 6.07) is 4.99. The first-order chi connectivity index (χ1) is 8.37. The van der Waals surface area contributed by atoms with Crippen LogP contribution in [0.5, 0.6) is 0 Å². The number of imide groups is 1. The Hall–Kier alpha value is -1.56. The largest absolute Gasteiger partial charge is 0.333 e. The molecule has 3 amide bonds. The zero-order valence-corrected chi connectivity index (χ0v) is 11.5. The Morgan fingerprint density at radius 3 is 2.61 bits per heavy atom. The van der Waals surface area contributed by atoms with E-state index >= 15 is 0 Å². The molecule has 1 aromatic rings. The van der Waals surface area contributed by atoms with E-state index in [4.69, 9.17) is 0 Å². The Morgan fingerprint density at radius 2 is 2.06 bits per heavy atom. The molecule has 98 valence electrons. The molecule has 0 aliphatic rings. The van der Waals surface area contributed by atoms with Gasteiger partial charge in [-0.1, -0.05) is 17.8 Å². The average Bonchev–Trinajstić information content (AvgIpc) is 2.25. The lowest BCUT2D eigenvalue weighted by Gasteiger charge is -2.20. The van der Waals surface area contributed by atoms with Gasteiger partial charge in [-0.3, -0.25) is 10.1 Å². The minimum absolute atomic E-state index is 0.161. The van der Waals surface area contributed by atoms with Crippen molar-refractivity contribution in [1.29, 1.82) is 0 Å². The van der Waals surface area contributed by atoms with E-state index in [1.807, 2.05) is 32.9 Å². The van der Waals surface area contributed by atoms with Crippen molar-refractivity contribution < 1.29 is 9.59 Å². The van der Waals surface area contributed by atoms with Crippen molar-refractivity contribution >= 4 is 23.7 Å². The lowest BCUT2D eigenvalue weighted by Crippen LogP contribution is -2.48. The van der Waals surface area contributed by atoms with Crippen LogP contribution in [0, 0.1) is 0 Å². The van der Waals surface area contributed by atoms with E-state index in [0.717, 1.165) is 5.03 Å². The van der Waals surface area contributed by atoms with E-state index in [0.29, 0.717) is 0 Å². The summed E-state index contributed by atoms with van der Waals surface area (Å²) in [5, 5.41) is 5.68. The van der Waals surface area contributed by atoms with Crippen molar-refractivity contribution in [1.82, 2.24) is 15.6 Å². The van der Waals surface area contributed by atoms with Crippen LogP contribution in [0.4, 0.5) is 4.79 Å². The number of urea groups is 1. The minimum atomic E-state index is -0.478. The maximum atomic E-state index is 11.5. The standard InChI is InChI=1S/C12H17N3O2S/c1-12(2,3)15-11(17)14-9(16)8-18-10-6-4-5-7-13-10/h4-7H,8H2,1-3H3,(H2,14,15,16,17). The van der Waals surface area contributed by atoms with Gasteiger partial charge in [-0.15, -0.1) is 0 Å². The summed E-state index contributed by atoms with van der Waals surface area (Å²) in [6.07, 6.45) is 1.66. The quantitative estimate of drug-likeness (QED) is 0.819. The molecule has 2 N–H and O–H groups in total. The monoisotopic (exact) mass is 267 g/mol. The molecule has 0 atom stereocenters. The third-order valence-electron chi connectivity index (χ3n) is 1.73. The predicted octanol–water partition coefficient (Wildman–Crippen LogP) is 1.80. The molecule has 1 rings (SSSR count). The van der Waals surface area contributed by atoms with Crippen molar-refractivity contribution in [2.75, 3.05) is 5.75 Å². The molecule has 1 heterocycles. The lowest BCUT2D eigenvalue weighted by molar-refractivity contribution is -0.117. The second kappa shape index (κ2) is 6.39. The Kier molecular flexibility index (Phi) is 5.15. The van der Waals surface area contributed by atoms with Crippen LogP contribution < -0.4 is 10.6 Å². The van der Waals surface area contributed by atoms with Crippen molar-refractivity contribution in [3.05, 3.63) is 24.4 Å². The number of pyridine rings is 1. The molecule has 0 fully saturated rings. The van der Waals surface area contributed by atoms with E-state index in [1.54, 1.807) is 12.3 Å². The van der Waals surface area contributed by atoms with Gasteiger partial charge in [0.05, 0.1) is 10.8 Å². The lowest BCUT2D eigenvalue weighted by atomic mass is 10.1. The molecule has 0 bridgehead atoms. The molecule has 5 nitrogen and oxygen atoms in total. The summed E-state index contributed by atoms with van der Waals surface area (Å²) in [5.74, 6) is -0.179. The Balaban J connectivity index is 2.32. The van der Waals surface area contributed by atoms with Gasteiger partial charge in [0.15, 0.2) is 0 Å². The number of carbonyl (C=O) groups excluding carboxylic acids is 2. The second-order valence-electron chi connectivity index (χ2n) is 4.71. The molecule has 6 heteroatoms. The minimum Gasteiger partial charge on any atom is -0.333 e. The summed E-state index contributed by atoms with van der Waals surface area (Å²) in [4.78, 5) is 27.0. The van der Waals surface area contributed by atoms with E-state index in [9.17, 15) is 9.59 Å². The van der Waals surface area contributed by atoms with Crippen LogP contribution >= 0.6 is 11.8 Å². The van der Waals surface area contributed by atoms with Gasteiger partial charge in [-0.25, -0.2) is 9.78 Å². The maximum absolute atomic E-state index is 11.5. The Bertz CT molecular complexity index is 415. The molecule has 18 heavy (non-hydrogen) atoms. The zero-order valence-electron chi connectivity index (χ0n) is 10.7. The Labute approximate surface area is 111 Å². The second-order valence-corrected chi connectivity index (χ2v) is 5.70. The molecule has 0 aliphatic heterocycles. The van der Waals surface area contributed by atoms with E-state index in [-0.39, 0.29) is 17.2 Å². The first-order valence-corrected chi connectivity index (χ1v) is 6.51. The number of aromatic nitrogens is 1. The molecular weight excluding hydrogens is 250 g/mol. The van der Waals surface area contributed by atoms with Gasteiger partial charge in [0.2, 0.25) is 5.91 Å². The Morgan fingerprint density at radius 1 is 1.33 bits per heavy atom. The highest BCUT2D eigenvalue weighted by atomic mass is 32.2. The van der Waals surface area contributed by atoms with Gasteiger partial charge in [0, 0.05) is 11.7 Å². The normalized spacial score (nSPS) is 10.8. The molecular formula is C12H17N3O2S. The zero-order chi connectivity index (χ0) is 13.6.